The van der Waals surface area contributed by atoms with Crippen LogP contribution >= 0.6 is 0 Å². The summed E-state index contributed by atoms with van der Waals surface area (Å²) in [5.41, 5.74) is 1.12. The highest BCUT2D eigenvalue weighted by Crippen LogP contribution is 2.31. The molecule has 1 aromatic carbocycles. The normalized spacial score (nSPS) is 23.5. The minimum absolute atomic E-state index is 0.309. The van der Waals surface area contributed by atoms with E-state index in [1.54, 1.807) is 24.3 Å². The summed E-state index contributed by atoms with van der Waals surface area (Å²) in [4.78, 5) is 21.0. The van der Waals surface area contributed by atoms with Crippen molar-refractivity contribution in [3.63, 3.8) is 0 Å². The zero-order valence-electron chi connectivity index (χ0n) is 22.6. The molecule has 0 atom stereocenters. The molecule has 6 rings (SSSR count). The Labute approximate surface area is 228 Å². The van der Waals surface area contributed by atoms with E-state index in [0.29, 0.717) is 66.9 Å². The highest BCUT2D eigenvalue weighted by molar-refractivity contribution is 5.78. The van der Waals surface area contributed by atoms with Crippen LogP contribution in [0.5, 0.6) is 0 Å². The molecule has 1 saturated carbocycles. The first-order chi connectivity index (χ1) is 19.0. The molecule has 210 valence electrons. The number of nitrogens with zero attached hydrogens (tertiary/aromatic N) is 7. The molecular formula is C28H38F2N8O. The molecule has 1 N–H and O–H groups in total. The second-order valence-electron chi connectivity index (χ2n) is 11.0. The second kappa shape index (κ2) is 11.7. The molecule has 39 heavy (non-hydrogen) atoms. The van der Waals surface area contributed by atoms with Crippen LogP contribution in [0.25, 0.3) is 16.9 Å². The summed E-state index contributed by atoms with van der Waals surface area (Å²) < 4.78 is 35.2. The van der Waals surface area contributed by atoms with Gasteiger partial charge in [-0.3, -0.25) is 9.47 Å². The van der Waals surface area contributed by atoms with Crippen LogP contribution in [0.1, 0.15) is 37.9 Å². The summed E-state index contributed by atoms with van der Waals surface area (Å²) in [6.07, 6.45) is 2.04. The number of anilines is 2. The lowest BCUT2D eigenvalue weighted by atomic mass is 9.85. The Balaban J connectivity index is 1.21. The van der Waals surface area contributed by atoms with E-state index in [4.69, 9.17) is 14.7 Å². The minimum Gasteiger partial charge on any atom is -0.378 e. The van der Waals surface area contributed by atoms with Crippen LogP contribution in [0.4, 0.5) is 20.5 Å². The SMILES string of the molecule is CN1CCN([C@H]2CC[C@@H](CNc3nc(N4CCOCC4)cc(-n4c(C(F)F)nc5ccccc54)n3)CC2)CC1. The zero-order chi connectivity index (χ0) is 26.8. The smallest absolute Gasteiger partial charge is 0.296 e. The molecule has 2 aromatic heterocycles. The highest BCUT2D eigenvalue weighted by Gasteiger charge is 2.28. The van der Waals surface area contributed by atoms with Gasteiger partial charge in [0.25, 0.3) is 6.43 Å². The van der Waals surface area contributed by atoms with E-state index < -0.39 is 6.43 Å². The number of benzene rings is 1. The van der Waals surface area contributed by atoms with Crippen molar-refractivity contribution in [3.05, 3.63) is 36.2 Å². The number of para-hydroxylation sites is 2. The average molecular weight is 541 g/mol. The van der Waals surface area contributed by atoms with E-state index in [-0.39, 0.29) is 5.82 Å². The number of alkyl halides is 2. The van der Waals surface area contributed by atoms with Crippen molar-refractivity contribution in [2.75, 3.05) is 76.3 Å². The quantitative estimate of drug-likeness (QED) is 0.485. The Morgan fingerprint density at radius 2 is 1.64 bits per heavy atom. The summed E-state index contributed by atoms with van der Waals surface area (Å²) in [6.45, 7) is 8.01. The van der Waals surface area contributed by atoms with E-state index in [0.717, 1.165) is 19.6 Å². The largest absolute Gasteiger partial charge is 0.378 e. The molecule has 3 aliphatic rings. The molecule has 1 aliphatic carbocycles. The van der Waals surface area contributed by atoms with Gasteiger partial charge >= 0.3 is 0 Å². The monoisotopic (exact) mass is 540 g/mol. The van der Waals surface area contributed by atoms with Crippen LogP contribution in [0, 0.1) is 5.92 Å². The molecular weight excluding hydrogens is 502 g/mol. The number of likely N-dealkylation sites (N-methyl/N-ethyl adjacent to an activating group) is 1. The molecule has 0 spiro atoms. The molecule has 0 unspecified atom stereocenters. The fourth-order valence-electron chi connectivity index (χ4n) is 6.14. The third-order valence-electron chi connectivity index (χ3n) is 8.46. The molecule has 0 amide bonds. The number of nitrogens with one attached hydrogen (secondary N) is 1. The molecule has 0 bridgehead atoms. The van der Waals surface area contributed by atoms with Gasteiger partial charge in [0.1, 0.15) is 11.6 Å². The van der Waals surface area contributed by atoms with Gasteiger partial charge in [-0.1, -0.05) is 12.1 Å². The molecule has 0 radical (unpaired) electrons. The van der Waals surface area contributed by atoms with Gasteiger partial charge in [-0.05, 0) is 50.8 Å². The maximum absolute atomic E-state index is 14.1. The number of hydrogen-bond donors (Lipinski definition) is 1. The lowest BCUT2D eigenvalue weighted by molar-refractivity contribution is 0.0825. The van der Waals surface area contributed by atoms with E-state index >= 15 is 0 Å². The number of morpholine rings is 1. The lowest BCUT2D eigenvalue weighted by Crippen LogP contribution is -2.50. The number of fused-ring (bicyclic) bond motifs is 1. The fourth-order valence-corrected chi connectivity index (χ4v) is 6.14. The molecule has 2 aliphatic heterocycles. The zero-order valence-corrected chi connectivity index (χ0v) is 22.6. The van der Waals surface area contributed by atoms with Gasteiger partial charge in [0.05, 0.1) is 24.2 Å². The summed E-state index contributed by atoms with van der Waals surface area (Å²) >= 11 is 0. The lowest BCUT2D eigenvalue weighted by Gasteiger charge is -2.41. The first kappa shape index (κ1) is 26.3. The van der Waals surface area contributed by atoms with Gasteiger partial charge in [-0.2, -0.15) is 9.97 Å². The predicted octanol–water partition coefficient (Wildman–Crippen LogP) is 3.81. The van der Waals surface area contributed by atoms with Crippen LogP contribution in [0.2, 0.25) is 0 Å². The van der Waals surface area contributed by atoms with Gasteiger partial charge in [0.2, 0.25) is 5.95 Å². The Bertz CT molecular complexity index is 1250. The summed E-state index contributed by atoms with van der Waals surface area (Å²) in [5, 5.41) is 3.47. The van der Waals surface area contributed by atoms with Crippen molar-refractivity contribution in [3.8, 4) is 5.82 Å². The maximum atomic E-state index is 14.1. The van der Waals surface area contributed by atoms with Gasteiger partial charge < -0.3 is 19.9 Å². The summed E-state index contributed by atoms with van der Waals surface area (Å²) in [7, 11) is 2.20. The first-order valence-corrected chi connectivity index (χ1v) is 14.2. The Morgan fingerprint density at radius 3 is 2.38 bits per heavy atom. The number of aromatic nitrogens is 4. The third kappa shape index (κ3) is 5.85. The van der Waals surface area contributed by atoms with Crippen LogP contribution < -0.4 is 10.2 Å². The van der Waals surface area contributed by atoms with E-state index in [1.165, 1.54) is 43.3 Å². The van der Waals surface area contributed by atoms with Crippen LogP contribution in [0.15, 0.2) is 30.3 Å². The van der Waals surface area contributed by atoms with Gasteiger partial charge in [0, 0.05) is 57.9 Å². The third-order valence-corrected chi connectivity index (χ3v) is 8.46. The van der Waals surface area contributed by atoms with Crippen molar-refractivity contribution in [1.29, 1.82) is 0 Å². The number of halogens is 2. The molecule has 4 heterocycles. The highest BCUT2D eigenvalue weighted by atomic mass is 19.3. The van der Waals surface area contributed by atoms with Gasteiger partial charge in [0.15, 0.2) is 5.82 Å². The number of imidazole rings is 1. The minimum atomic E-state index is -2.73. The Hall–Kier alpha value is -2.89. The predicted molar refractivity (Wildman–Crippen MR) is 148 cm³/mol. The molecule has 2 saturated heterocycles. The van der Waals surface area contributed by atoms with Crippen LogP contribution in [0.3, 0.4) is 0 Å². The topological polar surface area (TPSA) is 74.6 Å². The summed E-state index contributed by atoms with van der Waals surface area (Å²) in [6, 6.07) is 9.66. The molecule has 3 fully saturated rings. The van der Waals surface area contributed by atoms with Crippen molar-refractivity contribution in [2.24, 2.45) is 5.92 Å². The van der Waals surface area contributed by atoms with Crippen LogP contribution in [-0.4, -0.2) is 101 Å². The maximum Gasteiger partial charge on any atom is 0.296 e. The molecule has 9 nitrogen and oxygen atoms in total. The number of ether oxygens (including phenoxy) is 1. The van der Waals surface area contributed by atoms with E-state index in [9.17, 15) is 8.78 Å². The van der Waals surface area contributed by atoms with Gasteiger partial charge in [-0.15, -0.1) is 0 Å². The second-order valence-corrected chi connectivity index (χ2v) is 11.0. The molecule has 3 aromatic rings. The van der Waals surface area contributed by atoms with Crippen molar-refractivity contribution in [2.45, 2.75) is 38.2 Å². The van der Waals surface area contributed by atoms with E-state index in [2.05, 4.69) is 32.0 Å². The number of hydrogen-bond acceptors (Lipinski definition) is 8. The Kier molecular flexibility index (Phi) is 7.90. The van der Waals surface area contributed by atoms with Crippen LogP contribution in [-0.2, 0) is 4.74 Å². The summed E-state index contributed by atoms with van der Waals surface area (Å²) in [5.74, 6) is 1.81. The number of piperazine rings is 1. The van der Waals surface area contributed by atoms with Gasteiger partial charge in [-0.25, -0.2) is 13.8 Å². The fraction of sp³-hybridized carbons (Fsp3) is 0.607. The Morgan fingerprint density at radius 1 is 0.923 bits per heavy atom. The van der Waals surface area contributed by atoms with Crippen molar-refractivity contribution >= 4 is 22.8 Å². The van der Waals surface area contributed by atoms with E-state index in [1.807, 2.05) is 6.07 Å². The average Bonchev–Trinajstić information content (AvgIpc) is 3.37. The standard InChI is InChI=1S/C28H38F2N8O/c1-35-10-12-36(13-11-35)21-8-6-20(7-9-21)19-31-28-33-24(37-14-16-39-17-15-37)18-25(34-28)38-23-5-3-2-4-22(23)32-27(38)26(29)30/h2-5,18,20-21,26H,6-17,19H2,1H3,(H,31,33,34)/t20-,21+. The first-order valence-electron chi connectivity index (χ1n) is 14.2. The van der Waals surface area contributed by atoms with Crippen molar-refractivity contribution < 1.29 is 13.5 Å². The number of rotatable bonds is 7. The molecule has 11 heteroatoms. The van der Waals surface area contributed by atoms with Crippen molar-refractivity contribution in [1.82, 2.24) is 29.3 Å².